The number of carbonyl (C=O) groups is 1. The van der Waals surface area contributed by atoms with Gasteiger partial charge in [-0.1, -0.05) is 77.4 Å². The normalized spacial score (nSPS) is 13.4. The molecule has 0 N–H and O–H groups in total. The monoisotopic (exact) mass is 611 g/mol. The van der Waals surface area contributed by atoms with E-state index in [9.17, 15) is 13.2 Å². The molecule has 230 valence electrons. The smallest absolute Gasteiger partial charge is 0.244 e. The third-order valence-corrected chi connectivity index (χ3v) is 9.38. The fourth-order valence-corrected chi connectivity index (χ4v) is 7.24. The predicted molar refractivity (Wildman–Crippen MR) is 180 cm³/mol. The Hall–Kier alpha value is -2.81. The molecule has 1 aromatic heterocycles. The number of thiophene rings is 1. The molecule has 42 heavy (non-hydrogen) atoms. The largest absolute Gasteiger partial charge is 0.341 e. The first-order valence-electron chi connectivity index (χ1n) is 14.8. The average Bonchev–Trinajstić information content (AvgIpc) is 3.43. The molecule has 1 atom stereocenters. The first kappa shape index (κ1) is 35.4. The number of hydrogen-bond donors (Lipinski definition) is 0. The molecular weight excluding hydrogens is 563 g/mol. The van der Waals surface area contributed by atoms with Crippen molar-refractivity contribution in [1.29, 1.82) is 0 Å². The third kappa shape index (κ3) is 9.89. The Morgan fingerprint density at radius 3 is 2.14 bits per heavy atom. The Bertz CT molecular complexity index is 1430. The van der Waals surface area contributed by atoms with Gasteiger partial charge < -0.3 is 4.90 Å². The van der Waals surface area contributed by atoms with Crippen LogP contribution in [-0.2, 0) is 21.2 Å². The molecule has 0 aliphatic heterocycles. The van der Waals surface area contributed by atoms with Gasteiger partial charge in [-0.3, -0.25) is 9.79 Å². The molecule has 8 heteroatoms. The molecule has 6 nitrogen and oxygen atoms in total. The van der Waals surface area contributed by atoms with E-state index >= 15 is 0 Å². The van der Waals surface area contributed by atoms with Crippen LogP contribution in [0.2, 0.25) is 0 Å². The molecule has 0 unspecified atom stereocenters. The van der Waals surface area contributed by atoms with Crippen molar-refractivity contribution < 1.29 is 13.2 Å². The second-order valence-electron chi connectivity index (χ2n) is 11.3. The number of amides is 1. The van der Waals surface area contributed by atoms with E-state index < -0.39 is 16.1 Å². The van der Waals surface area contributed by atoms with Gasteiger partial charge in [0.25, 0.3) is 0 Å². The summed E-state index contributed by atoms with van der Waals surface area (Å²) >= 11 is 1.57. The molecule has 2 aromatic carbocycles. The maximum Gasteiger partial charge on any atom is 0.244 e. The zero-order valence-electron chi connectivity index (χ0n) is 26.8. The Kier molecular flexibility index (Phi) is 14.1. The fraction of sp³-hybridized carbons (Fsp3) is 0.471. The second kappa shape index (κ2) is 16.7. The maximum absolute atomic E-state index is 14.5. The molecule has 0 fully saturated rings. The van der Waals surface area contributed by atoms with Crippen LogP contribution in [0.1, 0.15) is 61.0 Å². The first-order chi connectivity index (χ1) is 19.9. The van der Waals surface area contributed by atoms with Crippen molar-refractivity contribution in [2.45, 2.75) is 72.7 Å². The van der Waals surface area contributed by atoms with Gasteiger partial charge in [0.2, 0.25) is 15.9 Å². The summed E-state index contributed by atoms with van der Waals surface area (Å²) in [6.07, 6.45) is 2.16. The Morgan fingerprint density at radius 2 is 1.57 bits per heavy atom. The Morgan fingerprint density at radius 1 is 0.952 bits per heavy atom. The minimum atomic E-state index is -4.05. The molecule has 0 saturated heterocycles. The van der Waals surface area contributed by atoms with Crippen molar-refractivity contribution in [2.75, 3.05) is 26.7 Å². The van der Waals surface area contributed by atoms with Gasteiger partial charge in [0.1, 0.15) is 6.04 Å². The number of nitrogens with zero attached hydrogens (tertiary/aromatic N) is 3. The van der Waals surface area contributed by atoms with Crippen LogP contribution >= 0.6 is 11.3 Å². The highest BCUT2D eigenvalue weighted by Gasteiger charge is 2.38. The topological polar surface area (TPSA) is 70.1 Å². The van der Waals surface area contributed by atoms with Crippen molar-refractivity contribution in [3.05, 3.63) is 77.2 Å². The lowest BCUT2D eigenvalue weighted by atomic mass is 10.0. The summed E-state index contributed by atoms with van der Waals surface area (Å²) in [5, 5.41) is 2.83. The SMILES string of the molecule is CC.CN=C(C)/C=C(\C)CN([C@@H](Cc1ccccc1)C(=O)N(CC(C)C)CC(C)C)S(=O)(=O)c1ccc2sccc2c1. The number of hydrogen-bond acceptors (Lipinski definition) is 5. The zero-order chi connectivity index (χ0) is 31.4. The summed E-state index contributed by atoms with van der Waals surface area (Å²) in [4.78, 5) is 20.7. The maximum atomic E-state index is 14.5. The summed E-state index contributed by atoms with van der Waals surface area (Å²) in [5.74, 6) is 0.326. The van der Waals surface area contributed by atoms with Gasteiger partial charge in [0.05, 0.1) is 4.90 Å². The van der Waals surface area contributed by atoms with E-state index in [-0.39, 0.29) is 35.6 Å². The highest BCUT2D eigenvalue weighted by Crippen LogP contribution is 2.28. The van der Waals surface area contributed by atoms with Crippen molar-refractivity contribution in [3.8, 4) is 0 Å². The van der Waals surface area contributed by atoms with E-state index in [1.807, 2.05) is 86.5 Å². The highest BCUT2D eigenvalue weighted by atomic mass is 32.2. The summed E-state index contributed by atoms with van der Waals surface area (Å²) in [6, 6.07) is 15.9. The van der Waals surface area contributed by atoms with Crippen molar-refractivity contribution in [2.24, 2.45) is 16.8 Å². The molecule has 0 spiro atoms. The van der Waals surface area contributed by atoms with Gasteiger partial charge >= 0.3 is 0 Å². The van der Waals surface area contributed by atoms with E-state index in [2.05, 4.69) is 32.7 Å². The van der Waals surface area contributed by atoms with Gasteiger partial charge in [-0.25, -0.2) is 8.42 Å². The van der Waals surface area contributed by atoms with E-state index in [1.54, 1.807) is 30.5 Å². The van der Waals surface area contributed by atoms with Crippen LogP contribution < -0.4 is 0 Å². The van der Waals surface area contributed by atoms with E-state index in [1.165, 1.54) is 4.31 Å². The minimum absolute atomic E-state index is 0.0807. The molecule has 0 saturated carbocycles. The standard InChI is InChI=1S/C32H43N3O3S2.C2H6/c1-23(2)20-34(21-24(3)4)32(36)30(18-27-11-9-8-10-12-27)35(22-25(5)17-26(6)33-7)40(37,38)29-13-14-31-28(19-29)15-16-39-31;1-2/h8-17,19,23-24,30H,18,20-22H2,1-7H3;1-2H3/b25-17+,33-26?;/t30-;/m0./s1. The number of benzene rings is 2. The summed E-state index contributed by atoms with van der Waals surface area (Å²) in [7, 11) is -2.34. The van der Waals surface area contributed by atoms with Crippen LogP contribution in [0.15, 0.2) is 81.5 Å². The van der Waals surface area contributed by atoms with Gasteiger partial charge in [0.15, 0.2) is 0 Å². The lowest BCUT2D eigenvalue weighted by Crippen LogP contribution is -2.53. The van der Waals surface area contributed by atoms with E-state index in [0.717, 1.165) is 26.9 Å². The fourth-order valence-electron chi connectivity index (χ4n) is 4.81. The number of fused-ring (bicyclic) bond motifs is 1. The molecule has 3 aromatic rings. The van der Waals surface area contributed by atoms with E-state index in [4.69, 9.17) is 0 Å². The number of aliphatic imine (C=N–C) groups is 1. The van der Waals surface area contributed by atoms with E-state index in [0.29, 0.717) is 13.1 Å². The van der Waals surface area contributed by atoms with Crippen molar-refractivity contribution >= 4 is 43.1 Å². The molecule has 1 amide bonds. The van der Waals surface area contributed by atoms with Crippen LogP contribution in [0.25, 0.3) is 10.1 Å². The van der Waals surface area contributed by atoms with Crippen LogP contribution in [0.5, 0.6) is 0 Å². The number of allylic oxidation sites excluding steroid dienone is 1. The van der Waals surface area contributed by atoms with Crippen molar-refractivity contribution in [1.82, 2.24) is 9.21 Å². The number of sulfonamides is 1. The van der Waals surface area contributed by atoms with Gasteiger partial charge in [-0.2, -0.15) is 4.31 Å². The number of rotatable bonds is 13. The summed E-state index contributed by atoms with van der Waals surface area (Å²) in [5.41, 5.74) is 2.52. The molecule has 0 bridgehead atoms. The van der Waals surface area contributed by atoms with Gasteiger partial charge in [-0.05, 0) is 78.8 Å². The zero-order valence-corrected chi connectivity index (χ0v) is 28.4. The van der Waals surface area contributed by atoms with Gasteiger partial charge in [0, 0.05) is 37.1 Å². The summed E-state index contributed by atoms with van der Waals surface area (Å²) in [6.45, 7) is 17.3. The van der Waals surface area contributed by atoms with Crippen LogP contribution in [-0.4, -0.2) is 62.0 Å². The molecule has 0 radical (unpaired) electrons. The minimum Gasteiger partial charge on any atom is -0.341 e. The van der Waals surface area contributed by atoms with Gasteiger partial charge in [-0.15, -0.1) is 11.3 Å². The van der Waals surface area contributed by atoms with Crippen LogP contribution in [0, 0.1) is 11.8 Å². The third-order valence-electron chi connectivity index (χ3n) is 6.63. The molecule has 0 aliphatic carbocycles. The lowest BCUT2D eigenvalue weighted by molar-refractivity contribution is -0.136. The second-order valence-corrected chi connectivity index (χ2v) is 14.1. The lowest BCUT2D eigenvalue weighted by Gasteiger charge is -2.36. The highest BCUT2D eigenvalue weighted by molar-refractivity contribution is 7.89. The Labute approximate surface area is 258 Å². The average molecular weight is 612 g/mol. The quantitative estimate of drug-likeness (QED) is 0.186. The Balaban J connectivity index is 0.00000301. The molecule has 3 rings (SSSR count). The predicted octanol–water partition coefficient (Wildman–Crippen LogP) is 7.71. The molecule has 1 heterocycles. The summed E-state index contributed by atoms with van der Waals surface area (Å²) < 4.78 is 31.4. The van der Waals surface area contributed by atoms with Crippen LogP contribution in [0.3, 0.4) is 0 Å². The molecular formula is C34H49N3O3S2. The van der Waals surface area contributed by atoms with Crippen LogP contribution in [0.4, 0.5) is 0 Å². The molecule has 0 aliphatic rings. The number of carbonyl (C=O) groups excluding carboxylic acids is 1. The first-order valence-corrected chi connectivity index (χ1v) is 17.2. The van der Waals surface area contributed by atoms with Crippen molar-refractivity contribution in [3.63, 3.8) is 0 Å².